The molecule has 2 aliphatic carbocycles. The summed E-state index contributed by atoms with van der Waals surface area (Å²) in [6.07, 6.45) is 13.8. The molecule has 2 saturated heterocycles. The highest BCUT2D eigenvalue weighted by atomic mass is 32.2. The summed E-state index contributed by atoms with van der Waals surface area (Å²) in [6.45, 7) is 7.72. The summed E-state index contributed by atoms with van der Waals surface area (Å²) in [6, 6.07) is 0.411. The van der Waals surface area contributed by atoms with Crippen molar-refractivity contribution in [1.82, 2.24) is 24.0 Å². The van der Waals surface area contributed by atoms with Crippen molar-refractivity contribution in [3.8, 4) is 0 Å². The molecular formula is C28H46N6O3S2. The molecule has 3 heterocycles. The van der Waals surface area contributed by atoms with Crippen molar-refractivity contribution < 1.29 is 13.8 Å². The standard InChI is InChI=1S/C28H46N6O3S2/c1-2-39(37)33-18-16-31(17-19-33)21-25-20-29-27(38-25)30-28(36)34(23-10-4-3-5-11-23)24-12-14-32(15-13-24)26(35)22-8-6-7-9-22/h20,22-24H,2-19,21H2,1H3,(H,29,30,36). The molecule has 9 nitrogen and oxygen atoms in total. The highest BCUT2D eigenvalue weighted by Crippen LogP contribution is 2.32. The Balaban J connectivity index is 1.16. The smallest absolute Gasteiger partial charge is 0.324 e. The topological polar surface area (TPSA) is 89.1 Å². The molecule has 218 valence electrons. The van der Waals surface area contributed by atoms with Crippen molar-refractivity contribution in [3.63, 3.8) is 0 Å². The lowest BCUT2D eigenvalue weighted by molar-refractivity contribution is -0.136. The van der Waals surface area contributed by atoms with Crippen molar-refractivity contribution in [3.05, 3.63) is 11.1 Å². The number of aromatic nitrogens is 1. The molecule has 1 aromatic heterocycles. The van der Waals surface area contributed by atoms with Crippen LogP contribution in [-0.2, 0) is 22.3 Å². The Morgan fingerprint density at radius 2 is 1.59 bits per heavy atom. The Hall–Kier alpha value is -1.56. The first-order valence-electron chi connectivity index (χ1n) is 15.2. The first-order valence-corrected chi connectivity index (χ1v) is 17.3. The summed E-state index contributed by atoms with van der Waals surface area (Å²) in [4.78, 5) is 38.9. The molecule has 5 rings (SSSR count). The van der Waals surface area contributed by atoms with Gasteiger partial charge in [0.15, 0.2) is 5.13 Å². The van der Waals surface area contributed by atoms with Crippen LogP contribution in [0.5, 0.6) is 0 Å². The lowest BCUT2D eigenvalue weighted by Gasteiger charge is -2.43. The van der Waals surface area contributed by atoms with Crippen LogP contribution in [0.1, 0.15) is 82.4 Å². The zero-order valence-electron chi connectivity index (χ0n) is 23.5. The fraction of sp³-hybridized carbons (Fsp3) is 0.821. The van der Waals surface area contributed by atoms with Gasteiger partial charge in [0, 0.05) is 80.6 Å². The molecule has 0 spiro atoms. The molecule has 2 aliphatic heterocycles. The lowest BCUT2D eigenvalue weighted by Crippen LogP contribution is -2.54. The number of likely N-dealkylation sites (tertiary alicyclic amines) is 1. The second-order valence-electron chi connectivity index (χ2n) is 11.6. The van der Waals surface area contributed by atoms with Gasteiger partial charge in [-0.3, -0.25) is 15.0 Å². The zero-order valence-corrected chi connectivity index (χ0v) is 25.2. The summed E-state index contributed by atoms with van der Waals surface area (Å²) in [5, 5.41) is 3.81. The van der Waals surface area contributed by atoms with Crippen molar-refractivity contribution in [2.45, 2.75) is 96.2 Å². The molecule has 4 aliphatic rings. The summed E-state index contributed by atoms with van der Waals surface area (Å²) in [5.41, 5.74) is 0. The monoisotopic (exact) mass is 578 g/mol. The van der Waals surface area contributed by atoms with E-state index >= 15 is 0 Å². The summed E-state index contributed by atoms with van der Waals surface area (Å²) in [7, 11) is -0.867. The van der Waals surface area contributed by atoms with E-state index in [1.807, 2.05) is 13.1 Å². The van der Waals surface area contributed by atoms with E-state index in [0.29, 0.717) is 16.8 Å². The molecule has 1 N–H and O–H groups in total. The van der Waals surface area contributed by atoms with E-state index in [2.05, 4.69) is 29.3 Å². The van der Waals surface area contributed by atoms with Gasteiger partial charge >= 0.3 is 6.03 Å². The van der Waals surface area contributed by atoms with Crippen molar-refractivity contribution in [1.29, 1.82) is 0 Å². The Kier molecular flexibility index (Phi) is 10.3. The molecule has 1 aromatic rings. The third kappa shape index (κ3) is 7.40. The van der Waals surface area contributed by atoms with Crippen molar-refractivity contribution in [2.24, 2.45) is 5.92 Å². The minimum Gasteiger partial charge on any atom is -0.342 e. The Morgan fingerprint density at radius 3 is 2.26 bits per heavy atom. The van der Waals surface area contributed by atoms with E-state index in [9.17, 15) is 13.8 Å². The van der Waals surface area contributed by atoms with Gasteiger partial charge in [0.05, 0.1) is 11.0 Å². The van der Waals surface area contributed by atoms with Crippen molar-refractivity contribution >= 4 is 39.4 Å². The molecular weight excluding hydrogens is 532 g/mol. The lowest BCUT2D eigenvalue weighted by atomic mass is 9.91. The van der Waals surface area contributed by atoms with Crippen LogP contribution in [0.15, 0.2) is 6.20 Å². The third-order valence-electron chi connectivity index (χ3n) is 9.09. The van der Waals surface area contributed by atoms with Gasteiger partial charge in [-0.1, -0.05) is 39.0 Å². The van der Waals surface area contributed by atoms with Gasteiger partial charge in [0.2, 0.25) is 5.91 Å². The van der Waals surface area contributed by atoms with Gasteiger partial charge in [-0.2, -0.15) is 0 Å². The second kappa shape index (κ2) is 13.9. The number of carbonyl (C=O) groups excluding carboxylic acids is 2. The molecule has 1 atom stereocenters. The van der Waals surface area contributed by atoms with Crippen LogP contribution < -0.4 is 5.32 Å². The van der Waals surface area contributed by atoms with Gasteiger partial charge < -0.3 is 9.80 Å². The van der Waals surface area contributed by atoms with Crippen molar-refractivity contribution in [2.75, 3.05) is 50.3 Å². The molecule has 39 heavy (non-hydrogen) atoms. The van der Waals surface area contributed by atoms with E-state index in [-0.39, 0.29) is 24.0 Å². The number of hydrogen-bond acceptors (Lipinski definition) is 6. The molecule has 0 bridgehead atoms. The summed E-state index contributed by atoms with van der Waals surface area (Å²) in [5.74, 6) is 1.24. The molecule has 0 radical (unpaired) electrons. The SMILES string of the molecule is CCS(=O)N1CCN(Cc2cnc(NC(=O)N(C3CCCCC3)C3CCN(C(=O)C4CCCC4)CC3)s2)CC1. The zero-order chi connectivity index (χ0) is 27.2. The first kappa shape index (κ1) is 29.0. The predicted octanol–water partition coefficient (Wildman–Crippen LogP) is 4.29. The molecule has 4 fully saturated rings. The average Bonchev–Trinajstić information content (AvgIpc) is 3.66. The highest BCUT2D eigenvalue weighted by Gasteiger charge is 2.36. The number of thiazole rings is 1. The number of piperidine rings is 1. The minimum absolute atomic E-state index is 0.0287. The number of anilines is 1. The summed E-state index contributed by atoms with van der Waals surface area (Å²) >= 11 is 1.56. The molecule has 3 amide bonds. The van der Waals surface area contributed by atoms with Crippen LogP contribution in [-0.4, -0.2) is 97.2 Å². The van der Waals surface area contributed by atoms with Crippen LogP contribution in [0.2, 0.25) is 0 Å². The number of carbonyl (C=O) groups is 2. The number of hydrogen-bond donors (Lipinski definition) is 1. The average molecular weight is 579 g/mol. The highest BCUT2D eigenvalue weighted by molar-refractivity contribution is 7.82. The van der Waals surface area contributed by atoms with Crippen LogP contribution in [0.3, 0.4) is 0 Å². The molecule has 0 aromatic carbocycles. The Labute approximate surface area is 240 Å². The fourth-order valence-corrected chi connectivity index (χ4v) is 8.65. The first-order chi connectivity index (χ1) is 19.0. The minimum atomic E-state index is -0.867. The Morgan fingerprint density at radius 1 is 0.949 bits per heavy atom. The van der Waals surface area contributed by atoms with Gasteiger partial charge in [-0.25, -0.2) is 18.3 Å². The number of nitrogens with one attached hydrogen (secondary N) is 1. The maximum atomic E-state index is 13.7. The van der Waals surface area contributed by atoms with E-state index < -0.39 is 11.0 Å². The van der Waals surface area contributed by atoms with E-state index in [4.69, 9.17) is 0 Å². The maximum Gasteiger partial charge on any atom is 0.324 e. The normalized spacial score (nSPS) is 23.7. The predicted molar refractivity (Wildman–Crippen MR) is 157 cm³/mol. The number of amides is 3. The molecule has 1 unspecified atom stereocenters. The van der Waals surface area contributed by atoms with Gasteiger partial charge in [0.1, 0.15) is 0 Å². The van der Waals surface area contributed by atoms with Gasteiger partial charge in [-0.15, -0.1) is 11.3 Å². The maximum absolute atomic E-state index is 13.7. The fourth-order valence-electron chi connectivity index (χ4n) is 6.87. The van der Waals surface area contributed by atoms with Gasteiger partial charge in [0.25, 0.3) is 0 Å². The Bertz CT molecular complexity index is 978. The largest absolute Gasteiger partial charge is 0.342 e. The van der Waals surface area contributed by atoms with Crippen LogP contribution in [0.25, 0.3) is 0 Å². The summed E-state index contributed by atoms with van der Waals surface area (Å²) < 4.78 is 14.1. The quantitative estimate of drug-likeness (QED) is 0.497. The van der Waals surface area contributed by atoms with E-state index in [1.54, 1.807) is 11.3 Å². The number of rotatable bonds is 8. The van der Waals surface area contributed by atoms with E-state index in [1.165, 1.54) is 32.1 Å². The van der Waals surface area contributed by atoms with Gasteiger partial charge in [-0.05, 0) is 38.5 Å². The molecule has 2 saturated carbocycles. The third-order valence-corrected chi connectivity index (χ3v) is 11.4. The number of nitrogens with zero attached hydrogens (tertiary/aromatic N) is 5. The van der Waals surface area contributed by atoms with E-state index in [0.717, 1.165) is 89.2 Å². The van der Waals surface area contributed by atoms with Crippen LogP contribution in [0, 0.1) is 5.92 Å². The van der Waals surface area contributed by atoms with Crippen LogP contribution >= 0.6 is 11.3 Å². The number of piperazine rings is 1. The number of urea groups is 1. The molecule has 11 heteroatoms. The van der Waals surface area contributed by atoms with Crippen LogP contribution in [0.4, 0.5) is 9.93 Å². The second-order valence-corrected chi connectivity index (χ2v) is 14.5.